The van der Waals surface area contributed by atoms with Crippen molar-refractivity contribution in [1.29, 1.82) is 0 Å². The number of hydrogen-bond donors (Lipinski definition) is 2. The third-order valence-corrected chi connectivity index (χ3v) is 4.55. The number of ether oxygens (including phenoxy) is 3. The fourth-order valence-electron chi connectivity index (χ4n) is 3.08. The number of benzene rings is 1. The Morgan fingerprint density at radius 2 is 2.00 bits per heavy atom. The van der Waals surface area contributed by atoms with Crippen LogP contribution in [0.1, 0.15) is 0 Å². The lowest BCUT2D eigenvalue weighted by Gasteiger charge is -2.28. The first-order valence-corrected chi connectivity index (χ1v) is 9.35. The van der Waals surface area contributed by atoms with E-state index in [2.05, 4.69) is 25.7 Å². The Kier molecular flexibility index (Phi) is 5.72. The van der Waals surface area contributed by atoms with E-state index in [4.69, 9.17) is 14.2 Å². The van der Waals surface area contributed by atoms with Crippen LogP contribution in [0, 0.1) is 0 Å². The van der Waals surface area contributed by atoms with Crippen molar-refractivity contribution in [3.05, 3.63) is 36.5 Å². The van der Waals surface area contributed by atoms with Gasteiger partial charge in [-0.2, -0.15) is 5.10 Å². The summed E-state index contributed by atoms with van der Waals surface area (Å²) in [5.74, 6) is 1.71. The molecular weight excluding hydrogens is 362 g/mol. The molecule has 2 aliphatic heterocycles. The molecule has 1 aromatic heterocycles. The number of morpholine rings is 1. The number of amides is 1. The van der Waals surface area contributed by atoms with Crippen molar-refractivity contribution in [2.75, 3.05) is 56.2 Å². The van der Waals surface area contributed by atoms with E-state index < -0.39 is 6.10 Å². The van der Waals surface area contributed by atoms with Gasteiger partial charge in [-0.1, -0.05) is 12.1 Å². The van der Waals surface area contributed by atoms with Crippen molar-refractivity contribution in [1.82, 2.24) is 15.5 Å². The third-order valence-electron chi connectivity index (χ3n) is 4.55. The summed E-state index contributed by atoms with van der Waals surface area (Å²) in [5, 5.41) is 14.2. The van der Waals surface area contributed by atoms with Crippen LogP contribution in [0.3, 0.4) is 0 Å². The number of anilines is 2. The molecule has 0 aliphatic carbocycles. The molecule has 2 N–H and O–H groups in total. The maximum atomic E-state index is 12.3. The van der Waals surface area contributed by atoms with Gasteiger partial charge >= 0.3 is 0 Å². The van der Waals surface area contributed by atoms with Gasteiger partial charge in [-0.15, -0.1) is 5.10 Å². The summed E-state index contributed by atoms with van der Waals surface area (Å²) in [4.78, 5) is 14.5. The number of aromatic nitrogens is 2. The summed E-state index contributed by atoms with van der Waals surface area (Å²) >= 11 is 0. The van der Waals surface area contributed by atoms with E-state index >= 15 is 0 Å². The van der Waals surface area contributed by atoms with E-state index in [1.807, 2.05) is 24.3 Å². The molecule has 0 radical (unpaired) electrons. The summed E-state index contributed by atoms with van der Waals surface area (Å²) in [6.45, 7) is 4.27. The number of hydrogen-bond acceptors (Lipinski definition) is 8. The molecule has 148 valence electrons. The lowest BCUT2D eigenvalue weighted by atomic mass is 10.2. The topological polar surface area (TPSA) is 97.8 Å². The van der Waals surface area contributed by atoms with Gasteiger partial charge in [0.2, 0.25) is 6.10 Å². The Labute approximate surface area is 163 Å². The number of nitrogens with zero attached hydrogens (tertiary/aromatic N) is 3. The third kappa shape index (κ3) is 4.42. The first-order chi connectivity index (χ1) is 13.8. The van der Waals surface area contributed by atoms with Crippen LogP contribution in [0.4, 0.5) is 11.5 Å². The molecule has 1 amide bonds. The van der Waals surface area contributed by atoms with Crippen molar-refractivity contribution in [3.8, 4) is 11.5 Å². The van der Waals surface area contributed by atoms with Crippen molar-refractivity contribution < 1.29 is 19.0 Å². The van der Waals surface area contributed by atoms with Crippen LogP contribution in [0.25, 0.3) is 0 Å². The van der Waals surface area contributed by atoms with Gasteiger partial charge in [-0.05, 0) is 12.1 Å². The molecule has 9 nitrogen and oxygen atoms in total. The van der Waals surface area contributed by atoms with Crippen LogP contribution in [0.5, 0.6) is 11.5 Å². The van der Waals surface area contributed by atoms with Gasteiger partial charge in [0.05, 0.1) is 25.1 Å². The van der Waals surface area contributed by atoms with Crippen molar-refractivity contribution >= 4 is 17.4 Å². The Morgan fingerprint density at radius 3 is 2.86 bits per heavy atom. The fourth-order valence-corrected chi connectivity index (χ4v) is 3.08. The molecule has 3 heterocycles. The lowest BCUT2D eigenvalue weighted by molar-refractivity contribution is -0.130. The smallest absolute Gasteiger partial charge is 0.264 e. The number of carbonyl (C=O) groups is 1. The molecule has 9 heteroatoms. The van der Waals surface area contributed by atoms with Crippen LogP contribution >= 0.6 is 0 Å². The summed E-state index contributed by atoms with van der Waals surface area (Å²) in [7, 11) is 0. The van der Waals surface area contributed by atoms with E-state index in [-0.39, 0.29) is 12.5 Å². The zero-order valence-corrected chi connectivity index (χ0v) is 15.5. The Balaban J connectivity index is 1.22. The lowest BCUT2D eigenvalue weighted by Crippen LogP contribution is -2.45. The second-order valence-corrected chi connectivity index (χ2v) is 6.48. The van der Waals surface area contributed by atoms with Gasteiger partial charge in [0.1, 0.15) is 6.61 Å². The number of nitrogens with one attached hydrogen (secondary N) is 2. The van der Waals surface area contributed by atoms with Gasteiger partial charge in [0.25, 0.3) is 5.91 Å². The molecule has 0 spiro atoms. The second kappa shape index (κ2) is 8.75. The molecule has 1 atom stereocenters. The van der Waals surface area contributed by atoms with Crippen LogP contribution in [0.2, 0.25) is 0 Å². The van der Waals surface area contributed by atoms with Gasteiger partial charge < -0.3 is 29.7 Å². The van der Waals surface area contributed by atoms with E-state index in [0.717, 1.165) is 18.8 Å². The maximum absolute atomic E-state index is 12.3. The molecule has 2 aromatic rings. The van der Waals surface area contributed by atoms with E-state index in [1.165, 1.54) is 0 Å². The summed E-state index contributed by atoms with van der Waals surface area (Å²) in [6, 6.07) is 9.27. The Morgan fingerprint density at radius 1 is 1.18 bits per heavy atom. The Bertz CT molecular complexity index is 812. The maximum Gasteiger partial charge on any atom is 0.264 e. The van der Waals surface area contributed by atoms with Crippen molar-refractivity contribution in [2.24, 2.45) is 0 Å². The zero-order chi connectivity index (χ0) is 19.2. The quantitative estimate of drug-likeness (QED) is 0.701. The molecule has 2 aliphatic rings. The highest BCUT2D eigenvalue weighted by Crippen LogP contribution is 2.30. The standard InChI is InChI=1S/C19H23N5O4/c25-19(17-13-27-15-3-1-2-4-16(15)28-17)21-6-5-20-18-11-14(12-22-23-18)24-7-9-26-10-8-24/h1-4,11-12,17H,5-10,13H2,(H,20,23)(H,21,25). The highest BCUT2D eigenvalue weighted by molar-refractivity contribution is 5.81. The highest BCUT2D eigenvalue weighted by atomic mass is 16.6. The number of carbonyl (C=O) groups excluding carboxylic acids is 1. The molecule has 4 rings (SSSR count). The molecule has 1 unspecified atom stereocenters. The predicted octanol–water partition coefficient (Wildman–Crippen LogP) is 0.681. The summed E-state index contributed by atoms with van der Waals surface area (Å²) in [5.41, 5.74) is 1.01. The minimum absolute atomic E-state index is 0.198. The highest BCUT2D eigenvalue weighted by Gasteiger charge is 2.26. The average molecular weight is 385 g/mol. The van der Waals surface area contributed by atoms with Gasteiger partial charge in [-0.25, -0.2) is 0 Å². The zero-order valence-electron chi connectivity index (χ0n) is 15.5. The molecule has 1 saturated heterocycles. The van der Waals surface area contributed by atoms with Crippen molar-refractivity contribution in [3.63, 3.8) is 0 Å². The minimum atomic E-state index is -0.653. The SMILES string of the molecule is O=C(NCCNc1cc(N2CCOCC2)cnn1)C1COc2ccccc2O1. The number of rotatable bonds is 6. The average Bonchev–Trinajstić information content (AvgIpc) is 2.77. The first-order valence-electron chi connectivity index (χ1n) is 9.35. The van der Waals surface area contributed by atoms with Crippen molar-refractivity contribution in [2.45, 2.75) is 6.10 Å². The largest absolute Gasteiger partial charge is 0.485 e. The molecular formula is C19H23N5O4. The van der Waals surface area contributed by atoms with Crippen LogP contribution < -0.4 is 25.0 Å². The molecule has 0 bridgehead atoms. The van der Waals surface area contributed by atoms with Gasteiger partial charge in [0.15, 0.2) is 17.3 Å². The van der Waals surface area contributed by atoms with E-state index in [9.17, 15) is 4.79 Å². The van der Waals surface area contributed by atoms with Crippen LogP contribution in [-0.2, 0) is 9.53 Å². The molecule has 1 aromatic carbocycles. The van der Waals surface area contributed by atoms with Gasteiger partial charge in [-0.3, -0.25) is 4.79 Å². The molecule has 0 saturated carbocycles. The Hall–Kier alpha value is -3.07. The van der Waals surface area contributed by atoms with E-state index in [0.29, 0.717) is 43.6 Å². The summed E-state index contributed by atoms with van der Waals surface area (Å²) in [6.07, 6.45) is 1.09. The molecule has 1 fully saturated rings. The minimum Gasteiger partial charge on any atom is -0.485 e. The second-order valence-electron chi connectivity index (χ2n) is 6.48. The number of para-hydroxylation sites is 2. The van der Waals surface area contributed by atoms with Crippen LogP contribution in [0.15, 0.2) is 36.5 Å². The molecule has 28 heavy (non-hydrogen) atoms. The monoisotopic (exact) mass is 385 g/mol. The van der Waals surface area contributed by atoms with Gasteiger partial charge in [0, 0.05) is 32.2 Å². The fraction of sp³-hybridized carbons (Fsp3) is 0.421. The van der Waals surface area contributed by atoms with E-state index in [1.54, 1.807) is 12.3 Å². The number of fused-ring (bicyclic) bond motifs is 1. The first kappa shape index (κ1) is 18.3. The predicted molar refractivity (Wildman–Crippen MR) is 103 cm³/mol. The normalized spacial score (nSPS) is 18.4. The summed E-state index contributed by atoms with van der Waals surface area (Å²) < 4.78 is 16.6. The van der Waals surface area contributed by atoms with Crippen LogP contribution in [-0.4, -0.2) is 68.2 Å².